The zero-order valence-corrected chi connectivity index (χ0v) is 13.7. The number of hydrogen-bond donors (Lipinski definition) is 1. The fourth-order valence-corrected chi connectivity index (χ4v) is 3.35. The normalized spacial score (nSPS) is 24.5. The summed E-state index contributed by atoms with van der Waals surface area (Å²) in [6.07, 6.45) is 0.290. The van der Waals surface area contributed by atoms with Crippen LogP contribution in [0, 0.1) is 5.41 Å². The molecule has 0 radical (unpaired) electrons. The number of nitrogens with one attached hydrogen (secondary N) is 1. The molecular formula is C17H23N3O3. The van der Waals surface area contributed by atoms with Gasteiger partial charge in [0.15, 0.2) is 0 Å². The Labute approximate surface area is 136 Å². The van der Waals surface area contributed by atoms with Gasteiger partial charge in [-0.05, 0) is 19.1 Å². The number of amides is 2. The number of ether oxygens (including phenoxy) is 1. The van der Waals surface area contributed by atoms with Gasteiger partial charge >= 0.3 is 0 Å². The van der Waals surface area contributed by atoms with E-state index in [1.165, 1.54) is 0 Å². The molecule has 2 saturated heterocycles. The molecule has 23 heavy (non-hydrogen) atoms. The number of carbonyl (C=O) groups is 2. The largest absolute Gasteiger partial charge is 0.495 e. The molecule has 2 amide bonds. The van der Waals surface area contributed by atoms with Gasteiger partial charge in [0, 0.05) is 39.1 Å². The van der Waals surface area contributed by atoms with Crippen molar-refractivity contribution in [2.75, 3.05) is 44.7 Å². The van der Waals surface area contributed by atoms with E-state index >= 15 is 0 Å². The molecule has 0 saturated carbocycles. The number of piperazine rings is 1. The molecule has 0 aromatic heterocycles. The summed E-state index contributed by atoms with van der Waals surface area (Å²) in [5.74, 6) is 0.897. The molecule has 2 heterocycles. The van der Waals surface area contributed by atoms with E-state index in [4.69, 9.17) is 4.74 Å². The van der Waals surface area contributed by atoms with Crippen molar-refractivity contribution in [3.8, 4) is 5.75 Å². The standard InChI is InChI=1S/C17H23N3O3/c1-17(11-15(21)18-12-17)16(22)20-9-7-19(8-10-20)13-5-3-4-6-14(13)23-2/h3-6H,7-12H2,1-2H3,(H,18,21). The quantitative estimate of drug-likeness (QED) is 0.899. The second kappa shape index (κ2) is 6.10. The van der Waals surface area contributed by atoms with Gasteiger partial charge in [-0.3, -0.25) is 9.59 Å². The van der Waals surface area contributed by atoms with Crippen LogP contribution in [0.1, 0.15) is 13.3 Å². The third kappa shape index (κ3) is 2.98. The SMILES string of the molecule is COc1ccccc1N1CCN(C(=O)C2(C)CNC(=O)C2)CC1. The summed E-state index contributed by atoms with van der Waals surface area (Å²) >= 11 is 0. The van der Waals surface area contributed by atoms with Crippen molar-refractivity contribution in [3.63, 3.8) is 0 Å². The second-order valence-corrected chi connectivity index (χ2v) is 6.47. The fraction of sp³-hybridized carbons (Fsp3) is 0.529. The Morgan fingerprint density at radius 3 is 2.52 bits per heavy atom. The summed E-state index contributed by atoms with van der Waals surface area (Å²) < 4.78 is 5.41. The first-order valence-electron chi connectivity index (χ1n) is 7.97. The zero-order chi connectivity index (χ0) is 16.4. The second-order valence-electron chi connectivity index (χ2n) is 6.47. The molecule has 6 heteroatoms. The minimum absolute atomic E-state index is 0.0338. The van der Waals surface area contributed by atoms with Crippen molar-refractivity contribution < 1.29 is 14.3 Å². The van der Waals surface area contributed by atoms with E-state index < -0.39 is 5.41 Å². The molecule has 1 aromatic rings. The molecule has 124 valence electrons. The Kier molecular flexibility index (Phi) is 4.15. The molecule has 0 spiro atoms. The van der Waals surface area contributed by atoms with Gasteiger partial charge in [-0.1, -0.05) is 12.1 Å². The third-order valence-electron chi connectivity index (χ3n) is 4.74. The van der Waals surface area contributed by atoms with E-state index in [0.717, 1.165) is 24.5 Å². The zero-order valence-electron chi connectivity index (χ0n) is 13.7. The smallest absolute Gasteiger partial charge is 0.230 e. The summed E-state index contributed by atoms with van der Waals surface area (Å²) in [7, 11) is 1.67. The molecule has 6 nitrogen and oxygen atoms in total. The number of anilines is 1. The van der Waals surface area contributed by atoms with Gasteiger partial charge < -0.3 is 19.9 Å². The number of methoxy groups -OCH3 is 1. The van der Waals surface area contributed by atoms with Crippen LogP contribution < -0.4 is 15.0 Å². The first-order chi connectivity index (χ1) is 11.0. The van der Waals surface area contributed by atoms with Crippen LogP contribution in [0.25, 0.3) is 0 Å². The number of carbonyl (C=O) groups excluding carboxylic acids is 2. The Morgan fingerprint density at radius 2 is 1.91 bits per heavy atom. The summed E-state index contributed by atoms with van der Waals surface area (Å²) in [6.45, 7) is 5.19. The van der Waals surface area contributed by atoms with Crippen LogP contribution in [0.15, 0.2) is 24.3 Å². The van der Waals surface area contributed by atoms with Crippen LogP contribution in [0.4, 0.5) is 5.69 Å². The van der Waals surface area contributed by atoms with Gasteiger partial charge in [-0.2, -0.15) is 0 Å². The van der Waals surface area contributed by atoms with Crippen molar-refractivity contribution >= 4 is 17.5 Å². The van der Waals surface area contributed by atoms with Crippen LogP contribution in [0.5, 0.6) is 5.75 Å². The van der Waals surface area contributed by atoms with Crippen molar-refractivity contribution in [3.05, 3.63) is 24.3 Å². The van der Waals surface area contributed by atoms with Crippen molar-refractivity contribution in [2.45, 2.75) is 13.3 Å². The first kappa shape index (κ1) is 15.6. The summed E-state index contributed by atoms with van der Waals surface area (Å²) in [6, 6.07) is 7.93. The summed E-state index contributed by atoms with van der Waals surface area (Å²) in [5.41, 5.74) is 0.468. The van der Waals surface area contributed by atoms with Gasteiger partial charge in [0.2, 0.25) is 11.8 Å². The molecule has 2 fully saturated rings. The summed E-state index contributed by atoms with van der Waals surface area (Å²) in [4.78, 5) is 28.3. The van der Waals surface area contributed by atoms with Crippen LogP contribution in [0.2, 0.25) is 0 Å². The van der Waals surface area contributed by atoms with Gasteiger partial charge in [-0.15, -0.1) is 0 Å². The van der Waals surface area contributed by atoms with Crippen LogP contribution in [0.3, 0.4) is 0 Å². The molecule has 1 N–H and O–H groups in total. The molecule has 0 bridgehead atoms. The van der Waals surface area contributed by atoms with Crippen LogP contribution >= 0.6 is 0 Å². The Bertz CT molecular complexity index is 611. The lowest BCUT2D eigenvalue weighted by molar-refractivity contribution is -0.141. The van der Waals surface area contributed by atoms with Crippen molar-refractivity contribution in [1.29, 1.82) is 0 Å². The number of para-hydroxylation sites is 2. The van der Waals surface area contributed by atoms with Gasteiger partial charge in [-0.25, -0.2) is 0 Å². The van der Waals surface area contributed by atoms with Gasteiger partial charge in [0.05, 0.1) is 18.2 Å². The topological polar surface area (TPSA) is 61.9 Å². The summed E-state index contributed by atoms with van der Waals surface area (Å²) in [5, 5.41) is 2.77. The highest BCUT2D eigenvalue weighted by molar-refractivity contribution is 5.92. The minimum atomic E-state index is -0.594. The van der Waals surface area contributed by atoms with E-state index in [1.807, 2.05) is 36.1 Å². The molecule has 3 rings (SSSR count). The van der Waals surface area contributed by atoms with Crippen LogP contribution in [-0.2, 0) is 9.59 Å². The Hall–Kier alpha value is -2.24. The number of nitrogens with zero attached hydrogens (tertiary/aromatic N) is 2. The third-order valence-corrected chi connectivity index (χ3v) is 4.74. The van der Waals surface area contributed by atoms with E-state index in [1.54, 1.807) is 7.11 Å². The Morgan fingerprint density at radius 1 is 1.22 bits per heavy atom. The maximum absolute atomic E-state index is 12.7. The molecule has 2 aliphatic heterocycles. The lowest BCUT2D eigenvalue weighted by Gasteiger charge is -2.39. The minimum Gasteiger partial charge on any atom is -0.495 e. The van der Waals surface area contributed by atoms with E-state index in [0.29, 0.717) is 26.1 Å². The van der Waals surface area contributed by atoms with Gasteiger partial charge in [0.1, 0.15) is 5.75 Å². The molecule has 1 aromatic carbocycles. The predicted octanol–water partition coefficient (Wildman–Crippen LogP) is 0.870. The molecular weight excluding hydrogens is 294 g/mol. The highest BCUT2D eigenvalue weighted by Crippen LogP contribution is 2.31. The molecule has 1 unspecified atom stereocenters. The monoisotopic (exact) mass is 317 g/mol. The van der Waals surface area contributed by atoms with Crippen molar-refractivity contribution in [2.24, 2.45) is 5.41 Å². The molecule has 0 aliphatic carbocycles. The highest BCUT2D eigenvalue weighted by Gasteiger charge is 2.43. The predicted molar refractivity (Wildman–Crippen MR) is 87.5 cm³/mol. The first-order valence-corrected chi connectivity index (χ1v) is 7.97. The highest BCUT2D eigenvalue weighted by atomic mass is 16.5. The molecule has 1 atom stereocenters. The molecule has 2 aliphatic rings. The van der Waals surface area contributed by atoms with E-state index in [9.17, 15) is 9.59 Å². The lowest BCUT2D eigenvalue weighted by Crippen LogP contribution is -2.53. The average Bonchev–Trinajstić information content (AvgIpc) is 2.94. The lowest BCUT2D eigenvalue weighted by atomic mass is 9.87. The maximum Gasteiger partial charge on any atom is 0.230 e. The maximum atomic E-state index is 12.7. The van der Waals surface area contributed by atoms with E-state index in [-0.39, 0.29) is 11.8 Å². The van der Waals surface area contributed by atoms with E-state index in [2.05, 4.69) is 10.2 Å². The fourth-order valence-electron chi connectivity index (χ4n) is 3.35. The van der Waals surface area contributed by atoms with Crippen molar-refractivity contribution in [1.82, 2.24) is 10.2 Å². The number of benzene rings is 1. The Balaban J connectivity index is 1.64. The van der Waals surface area contributed by atoms with Crippen LogP contribution in [-0.4, -0.2) is 56.5 Å². The number of hydrogen-bond acceptors (Lipinski definition) is 4. The average molecular weight is 317 g/mol. The van der Waals surface area contributed by atoms with Gasteiger partial charge in [0.25, 0.3) is 0 Å². The number of rotatable bonds is 3.